The molecule has 1 aromatic rings. The first kappa shape index (κ1) is 25.7. The lowest BCUT2D eigenvalue weighted by atomic mass is 10.0. The number of piperidine rings is 1. The molecule has 3 atom stereocenters. The van der Waals surface area contributed by atoms with E-state index in [1.165, 1.54) is 0 Å². The van der Waals surface area contributed by atoms with Gasteiger partial charge in [0.2, 0.25) is 5.91 Å². The van der Waals surface area contributed by atoms with Gasteiger partial charge in [-0.3, -0.25) is 9.59 Å². The van der Waals surface area contributed by atoms with Gasteiger partial charge in [-0.15, -0.1) is 24.8 Å². The predicted octanol–water partition coefficient (Wildman–Crippen LogP) is 2.62. The second-order valence-electron chi connectivity index (χ2n) is 7.19. The first-order valence-corrected chi connectivity index (χ1v) is 8.91. The summed E-state index contributed by atoms with van der Waals surface area (Å²) in [6.07, 6.45) is 2.15. The summed E-state index contributed by atoms with van der Waals surface area (Å²) >= 11 is 0. The molecule has 0 saturated carbocycles. The third-order valence-electron chi connectivity index (χ3n) is 5.07. The van der Waals surface area contributed by atoms with Crippen molar-refractivity contribution in [2.24, 2.45) is 11.7 Å². The van der Waals surface area contributed by atoms with Gasteiger partial charge in [-0.25, -0.2) is 0 Å². The molecule has 1 saturated heterocycles. The van der Waals surface area contributed by atoms with Crippen molar-refractivity contribution in [3.63, 3.8) is 0 Å². The van der Waals surface area contributed by atoms with Crippen LogP contribution in [0.15, 0.2) is 24.3 Å². The molecule has 154 valence electrons. The molecule has 0 bridgehead atoms. The van der Waals surface area contributed by atoms with Crippen LogP contribution >= 0.6 is 24.8 Å². The number of likely N-dealkylation sites (N-methyl/N-ethyl adjacent to an activating group) is 2. The van der Waals surface area contributed by atoms with Gasteiger partial charge in [-0.1, -0.05) is 6.92 Å². The van der Waals surface area contributed by atoms with Crippen LogP contribution in [0, 0.1) is 5.92 Å². The summed E-state index contributed by atoms with van der Waals surface area (Å²) < 4.78 is 0. The number of carbonyl (C=O) groups is 2. The maximum absolute atomic E-state index is 12.7. The van der Waals surface area contributed by atoms with Crippen molar-refractivity contribution in [2.45, 2.75) is 38.8 Å². The van der Waals surface area contributed by atoms with Gasteiger partial charge < -0.3 is 20.9 Å². The number of halogens is 2. The van der Waals surface area contributed by atoms with E-state index in [2.05, 4.69) is 17.3 Å². The molecule has 0 radical (unpaired) electrons. The van der Waals surface area contributed by atoms with Gasteiger partial charge >= 0.3 is 0 Å². The third-order valence-corrected chi connectivity index (χ3v) is 5.07. The molecule has 6 nitrogen and oxygen atoms in total. The van der Waals surface area contributed by atoms with E-state index in [9.17, 15) is 9.59 Å². The highest BCUT2D eigenvalue weighted by atomic mass is 35.5. The second-order valence-corrected chi connectivity index (χ2v) is 7.19. The van der Waals surface area contributed by atoms with Crippen LogP contribution in [0.2, 0.25) is 0 Å². The van der Waals surface area contributed by atoms with E-state index in [1.54, 1.807) is 31.2 Å². The minimum atomic E-state index is -0.268. The van der Waals surface area contributed by atoms with Crippen molar-refractivity contribution in [3.8, 4) is 0 Å². The number of nitrogens with one attached hydrogen (secondary N) is 1. The molecule has 2 rings (SSSR count). The highest BCUT2D eigenvalue weighted by Crippen LogP contribution is 2.18. The van der Waals surface area contributed by atoms with Crippen LogP contribution in [-0.4, -0.2) is 60.9 Å². The molecule has 1 aromatic carbocycles. The van der Waals surface area contributed by atoms with Crippen LogP contribution < -0.4 is 11.1 Å². The van der Waals surface area contributed by atoms with Crippen LogP contribution in [-0.2, 0) is 4.79 Å². The number of benzene rings is 1. The van der Waals surface area contributed by atoms with E-state index in [4.69, 9.17) is 5.73 Å². The summed E-state index contributed by atoms with van der Waals surface area (Å²) in [5.74, 6) is -0.366. The van der Waals surface area contributed by atoms with Crippen molar-refractivity contribution in [2.75, 3.05) is 32.5 Å². The lowest BCUT2D eigenvalue weighted by molar-refractivity contribution is -0.119. The molecule has 27 heavy (non-hydrogen) atoms. The van der Waals surface area contributed by atoms with Crippen molar-refractivity contribution in [1.29, 1.82) is 0 Å². The summed E-state index contributed by atoms with van der Waals surface area (Å²) in [7, 11) is 3.96. The fraction of sp³-hybridized carbons (Fsp3) is 0.579. The summed E-state index contributed by atoms with van der Waals surface area (Å²) in [5.41, 5.74) is 7.06. The summed E-state index contributed by atoms with van der Waals surface area (Å²) in [6, 6.07) is 7.09. The molecule has 0 aromatic heterocycles. The zero-order chi connectivity index (χ0) is 18.6. The Morgan fingerprint density at radius 2 is 1.81 bits per heavy atom. The second kappa shape index (κ2) is 11.5. The van der Waals surface area contributed by atoms with E-state index >= 15 is 0 Å². The maximum atomic E-state index is 12.7. The minimum absolute atomic E-state index is 0. The Hall–Kier alpha value is -1.34. The van der Waals surface area contributed by atoms with Crippen LogP contribution in [0.5, 0.6) is 0 Å². The average molecular weight is 419 g/mol. The quantitative estimate of drug-likeness (QED) is 0.769. The van der Waals surface area contributed by atoms with Crippen molar-refractivity contribution >= 4 is 42.3 Å². The van der Waals surface area contributed by atoms with Crippen LogP contribution in [0.4, 0.5) is 5.69 Å². The molecule has 1 heterocycles. The fourth-order valence-electron chi connectivity index (χ4n) is 3.02. The number of anilines is 1. The number of carbonyl (C=O) groups excluding carboxylic acids is 2. The normalized spacial score (nSPS) is 19.1. The average Bonchev–Trinajstić information content (AvgIpc) is 2.60. The Bertz CT molecular complexity index is 610. The topological polar surface area (TPSA) is 78.7 Å². The monoisotopic (exact) mass is 418 g/mol. The van der Waals surface area contributed by atoms with E-state index in [1.807, 2.05) is 18.9 Å². The Kier molecular flexibility index (Phi) is 10.9. The molecule has 0 spiro atoms. The van der Waals surface area contributed by atoms with Crippen LogP contribution in [0.1, 0.15) is 37.0 Å². The SMILES string of the molecule is CC(N)C(C)C(=O)Nc1ccc(C(=O)N(C)C2CCCN(C)C2)cc1.Cl.Cl. The van der Waals surface area contributed by atoms with E-state index < -0.39 is 0 Å². The van der Waals surface area contributed by atoms with Gasteiger partial charge in [0.15, 0.2) is 0 Å². The van der Waals surface area contributed by atoms with E-state index in [0.717, 1.165) is 25.9 Å². The van der Waals surface area contributed by atoms with E-state index in [0.29, 0.717) is 11.3 Å². The van der Waals surface area contributed by atoms with Crippen molar-refractivity contribution in [1.82, 2.24) is 9.80 Å². The lowest BCUT2D eigenvalue weighted by Gasteiger charge is -2.35. The molecule has 1 fully saturated rings. The Morgan fingerprint density at radius 3 is 2.33 bits per heavy atom. The number of rotatable bonds is 5. The summed E-state index contributed by atoms with van der Waals surface area (Å²) in [5, 5.41) is 2.84. The van der Waals surface area contributed by atoms with Gasteiger partial charge in [-0.2, -0.15) is 0 Å². The molecule has 1 aliphatic heterocycles. The number of nitrogens with two attached hydrogens (primary N) is 1. The Balaban J connectivity index is 0.00000338. The number of nitrogens with zero attached hydrogens (tertiary/aromatic N) is 2. The molecule has 2 amide bonds. The highest BCUT2D eigenvalue weighted by molar-refractivity contribution is 5.96. The summed E-state index contributed by atoms with van der Waals surface area (Å²) in [4.78, 5) is 28.8. The molecule has 1 aliphatic rings. The molecule has 8 heteroatoms. The molecular weight excluding hydrogens is 387 g/mol. The standard InChI is InChI=1S/C19H30N4O2.2ClH/c1-13(14(2)20)18(24)21-16-9-7-15(8-10-16)19(25)23(4)17-6-5-11-22(3)12-17;;/h7-10,13-14,17H,5-6,11-12,20H2,1-4H3,(H,21,24);2*1H. The first-order valence-electron chi connectivity index (χ1n) is 8.91. The molecular formula is C19H32Cl2N4O2. The summed E-state index contributed by atoms with van der Waals surface area (Å²) in [6.45, 7) is 5.61. The predicted molar refractivity (Wildman–Crippen MR) is 115 cm³/mol. The van der Waals surface area contributed by atoms with Crippen LogP contribution in [0.25, 0.3) is 0 Å². The molecule has 0 aliphatic carbocycles. The number of amides is 2. The lowest BCUT2D eigenvalue weighted by Crippen LogP contribution is -2.47. The van der Waals surface area contributed by atoms with Crippen molar-refractivity contribution < 1.29 is 9.59 Å². The zero-order valence-corrected chi connectivity index (χ0v) is 18.1. The van der Waals surface area contributed by atoms with Crippen LogP contribution in [0.3, 0.4) is 0 Å². The Labute approximate surface area is 174 Å². The number of hydrogen-bond donors (Lipinski definition) is 2. The smallest absolute Gasteiger partial charge is 0.253 e. The van der Waals surface area contributed by atoms with Crippen molar-refractivity contribution in [3.05, 3.63) is 29.8 Å². The van der Waals surface area contributed by atoms with Gasteiger partial charge in [0.25, 0.3) is 5.91 Å². The fourth-order valence-corrected chi connectivity index (χ4v) is 3.02. The molecule has 3 unspecified atom stereocenters. The maximum Gasteiger partial charge on any atom is 0.253 e. The zero-order valence-electron chi connectivity index (χ0n) is 16.5. The third kappa shape index (κ3) is 6.96. The largest absolute Gasteiger partial charge is 0.337 e. The highest BCUT2D eigenvalue weighted by Gasteiger charge is 2.25. The van der Waals surface area contributed by atoms with Gasteiger partial charge in [-0.05, 0) is 57.6 Å². The minimum Gasteiger partial charge on any atom is -0.337 e. The van der Waals surface area contributed by atoms with E-state index in [-0.39, 0.29) is 54.6 Å². The molecule has 3 N–H and O–H groups in total. The number of hydrogen-bond acceptors (Lipinski definition) is 4. The first-order chi connectivity index (χ1) is 11.8. The van der Waals surface area contributed by atoms with Gasteiger partial charge in [0.1, 0.15) is 0 Å². The van der Waals surface area contributed by atoms with Gasteiger partial charge in [0.05, 0.1) is 5.92 Å². The Morgan fingerprint density at radius 1 is 1.22 bits per heavy atom. The number of likely N-dealkylation sites (tertiary alicyclic amines) is 1. The van der Waals surface area contributed by atoms with Gasteiger partial charge in [0, 0.05) is 36.9 Å².